The predicted molar refractivity (Wildman–Crippen MR) is 93.5 cm³/mol. The van der Waals surface area contributed by atoms with E-state index in [1.54, 1.807) is 23.9 Å². The lowest BCUT2D eigenvalue weighted by Crippen LogP contribution is -2.13. The molecule has 22 heavy (non-hydrogen) atoms. The summed E-state index contributed by atoms with van der Waals surface area (Å²) in [6, 6.07) is 5.20. The molecule has 1 aromatic rings. The zero-order valence-electron chi connectivity index (χ0n) is 14.1. The molecule has 1 unspecified atom stereocenters. The smallest absolute Gasteiger partial charge is 0.311 e. The summed E-state index contributed by atoms with van der Waals surface area (Å²) in [6.07, 6.45) is 5.22. The summed E-state index contributed by atoms with van der Waals surface area (Å²) < 4.78 is 5.27. The van der Waals surface area contributed by atoms with Crippen LogP contribution in [-0.2, 0) is 10.2 Å². The minimum Gasteiger partial charge on any atom is -0.504 e. The molecule has 0 aliphatic carbocycles. The molecule has 0 aliphatic heterocycles. The Balaban J connectivity index is 2.63. The highest BCUT2D eigenvalue weighted by Crippen LogP contribution is 2.32. The molecule has 0 aromatic heterocycles. The number of aromatic hydroxyl groups is 1. The molecule has 0 saturated carbocycles. The zero-order valence-corrected chi connectivity index (χ0v) is 14.9. The fourth-order valence-electron chi connectivity index (χ4n) is 1.99. The Hall–Kier alpha value is -1.42. The molecular weight excluding hydrogens is 296 g/mol. The van der Waals surface area contributed by atoms with Crippen LogP contribution in [0.2, 0.25) is 0 Å². The van der Waals surface area contributed by atoms with Crippen molar-refractivity contribution < 1.29 is 14.6 Å². The van der Waals surface area contributed by atoms with E-state index in [0.717, 1.165) is 12.0 Å². The second kappa shape index (κ2) is 8.28. The number of ether oxygens (including phenoxy) is 1. The number of hydrogen-bond donors (Lipinski definition) is 1. The Kier molecular flexibility index (Phi) is 7.01. The molecule has 1 atom stereocenters. The van der Waals surface area contributed by atoms with Crippen LogP contribution in [0.25, 0.3) is 0 Å². The molecule has 0 bridgehead atoms. The largest absolute Gasteiger partial charge is 0.504 e. The second-order valence-corrected chi connectivity index (χ2v) is 7.30. The number of esters is 1. The fourth-order valence-corrected chi connectivity index (χ4v) is 2.29. The third-order valence-corrected chi connectivity index (χ3v) is 3.80. The van der Waals surface area contributed by atoms with E-state index in [-0.39, 0.29) is 28.8 Å². The summed E-state index contributed by atoms with van der Waals surface area (Å²) in [5, 5.41) is 12.0. The van der Waals surface area contributed by atoms with Crippen LogP contribution in [0, 0.1) is 5.92 Å². The maximum Gasteiger partial charge on any atom is 0.311 e. The Bertz CT molecular complexity index is 530. The Morgan fingerprint density at radius 3 is 2.64 bits per heavy atom. The molecule has 0 heterocycles. The number of phenolic OH excluding ortho intramolecular Hbond substituents is 1. The molecule has 1 aromatic carbocycles. The third-order valence-electron chi connectivity index (χ3n) is 3.33. The number of carbonyl (C=O) groups excluding carboxylic acids is 1. The standard InChI is InChI=1S/C18H26O3S/c1-13(7-6-10-22-5)11-17(20)21-16-9-8-14(12-15(16)19)18(2,3)4/h6,8-10,12-13,19H,7,11H2,1-5H3/b10-6-. The van der Waals surface area contributed by atoms with E-state index in [9.17, 15) is 9.90 Å². The minimum absolute atomic E-state index is 0.00991. The maximum atomic E-state index is 11.9. The summed E-state index contributed by atoms with van der Waals surface area (Å²) in [5.74, 6) is 0.135. The molecule has 0 radical (unpaired) electrons. The highest BCUT2D eigenvalue weighted by Gasteiger charge is 2.17. The van der Waals surface area contributed by atoms with Crippen molar-refractivity contribution in [1.29, 1.82) is 0 Å². The zero-order chi connectivity index (χ0) is 16.8. The first-order valence-corrected chi connectivity index (χ1v) is 8.74. The predicted octanol–water partition coefficient (Wildman–Crippen LogP) is 4.89. The molecule has 1 N–H and O–H groups in total. The Morgan fingerprint density at radius 2 is 2.09 bits per heavy atom. The normalized spacial score (nSPS) is 13.3. The van der Waals surface area contributed by atoms with Crippen LogP contribution >= 0.6 is 11.8 Å². The van der Waals surface area contributed by atoms with Gasteiger partial charge in [0.1, 0.15) is 0 Å². The van der Waals surface area contributed by atoms with Crippen molar-refractivity contribution in [3.05, 3.63) is 35.2 Å². The topological polar surface area (TPSA) is 46.5 Å². The second-order valence-electron chi connectivity index (χ2n) is 6.56. The van der Waals surface area contributed by atoms with Crippen LogP contribution in [0.5, 0.6) is 11.5 Å². The van der Waals surface area contributed by atoms with E-state index >= 15 is 0 Å². The summed E-state index contributed by atoms with van der Waals surface area (Å²) >= 11 is 1.64. The lowest BCUT2D eigenvalue weighted by molar-refractivity contribution is -0.135. The van der Waals surface area contributed by atoms with Gasteiger partial charge in [0.2, 0.25) is 0 Å². The van der Waals surface area contributed by atoms with Gasteiger partial charge in [-0.25, -0.2) is 0 Å². The van der Waals surface area contributed by atoms with Crippen LogP contribution in [0.15, 0.2) is 29.7 Å². The van der Waals surface area contributed by atoms with Crippen molar-refractivity contribution in [3.8, 4) is 11.5 Å². The van der Waals surface area contributed by atoms with Gasteiger partial charge in [0, 0.05) is 6.42 Å². The van der Waals surface area contributed by atoms with Gasteiger partial charge in [-0.15, -0.1) is 11.8 Å². The van der Waals surface area contributed by atoms with Crippen LogP contribution in [-0.4, -0.2) is 17.3 Å². The molecule has 122 valence electrons. The molecular formula is C18H26O3S. The number of thioether (sulfide) groups is 1. The molecule has 3 nitrogen and oxygen atoms in total. The lowest BCUT2D eigenvalue weighted by Gasteiger charge is -2.19. The Labute approximate surface area is 137 Å². The first kappa shape index (κ1) is 18.6. The van der Waals surface area contributed by atoms with Crippen molar-refractivity contribution in [3.63, 3.8) is 0 Å². The van der Waals surface area contributed by atoms with Crippen LogP contribution in [0.1, 0.15) is 46.1 Å². The van der Waals surface area contributed by atoms with E-state index < -0.39 is 0 Å². The summed E-state index contributed by atoms with van der Waals surface area (Å²) in [4.78, 5) is 11.9. The van der Waals surface area contributed by atoms with Crippen LogP contribution in [0.4, 0.5) is 0 Å². The fraction of sp³-hybridized carbons (Fsp3) is 0.500. The third kappa shape index (κ3) is 6.14. The summed E-state index contributed by atoms with van der Waals surface area (Å²) in [5.41, 5.74) is 0.943. The van der Waals surface area contributed by atoms with Gasteiger partial charge in [-0.2, -0.15) is 0 Å². The van der Waals surface area contributed by atoms with Crippen molar-refractivity contribution in [1.82, 2.24) is 0 Å². The Morgan fingerprint density at radius 1 is 1.41 bits per heavy atom. The minimum atomic E-state index is -0.316. The molecule has 0 spiro atoms. The molecule has 0 fully saturated rings. The average Bonchev–Trinajstić information content (AvgIpc) is 2.40. The summed E-state index contributed by atoms with van der Waals surface area (Å²) in [7, 11) is 0. The van der Waals surface area contributed by atoms with E-state index in [1.165, 1.54) is 0 Å². The van der Waals surface area contributed by atoms with Crippen molar-refractivity contribution in [2.45, 2.75) is 46.0 Å². The van der Waals surface area contributed by atoms with Crippen molar-refractivity contribution in [2.75, 3.05) is 6.26 Å². The van der Waals surface area contributed by atoms with Crippen LogP contribution in [0.3, 0.4) is 0 Å². The van der Waals surface area contributed by atoms with Gasteiger partial charge < -0.3 is 9.84 Å². The van der Waals surface area contributed by atoms with E-state index in [2.05, 4.69) is 26.8 Å². The number of allylic oxidation sites excluding steroid dienone is 1. The molecule has 0 aliphatic rings. The molecule has 0 amide bonds. The van der Waals surface area contributed by atoms with Gasteiger partial charge in [0.15, 0.2) is 11.5 Å². The van der Waals surface area contributed by atoms with E-state index in [1.807, 2.05) is 24.7 Å². The highest BCUT2D eigenvalue weighted by molar-refractivity contribution is 8.01. The van der Waals surface area contributed by atoms with Gasteiger partial charge >= 0.3 is 5.97 Å². The van der Waals surface area contributed by atoms with Gasteiger partial charge in [0.05, 0.1) is 0 Å². The number of rotatable bonds is 6. The number of phenols is 1. The molecule has 4 heteroatoms. The SMILES string of the molecule is CS/C=C\CC(C)CC(=O)Oc1ccc(C(C)(C)C)cc1O. The lowest BCUT2D eigenvalue weighted by atomic mass is 9.87. The number of carbonyl (C=O) groups is 1. The van der Waals surface area contributed by atoms with Crippen molar-refractivity contribution >= 4 is 17.7 Å². The quantitative estimate of drug-likeness (QED) is 0.598. The number of hydrogen-bond acceptors (Lipinski definition) is 4. The van der Waals surface area contributed by atoms with Crippen molar-refractivity contribution in [2.24, 2.45) is 5.92 Å². The first-order chi connectivity index (χ1) is 10.2. The van der Waals surface area contributed by atoms with Gasteiger partial charge in [-0.3, -0.25) is 4.79 Å². The van der Waals surface area contributed by atoms with E-state index in [0.29, 0.717) is 6.42 Å². The first-order valence-electron chi connectivity index (χ1n) is 7.46. The maximum absolute atomic E-state index is 11.9. The highest BCUT2D eigenvalue weighted by atomic mass is 32.2. The monoisotopic (exact) mass is 322 g/mol. The average molecular weight is 322 g/mol. The van der Waals surface area contributed by atoms with Gasteiger partial charge in [0.25, 0.3) is 0 Å². The number of benzene rings is 1. The summed E-state index contributed by atoms with van der Waals surface area (Å²) in [6.45, 7) is 8.21. The van der Waals surface area contributed by atoms with Gasteiger partial charge in [-0.05, 0) is 47.1 Å². The van der Waals surface area contributed by atoms with Gasteiger partial charge in [-0.1, -0.05) is 39.8 Å². The van der Waals surface area contributed by atoms with Crippen LogP contribution < -0.4 is 4.74 Å². The van der Waals surface area contributed by atoms with E-state index in [4.69, 9.17) is 4.74 Å². The molecule has 1 rings (SSSR count). The molecule has 0 saturated heterocycles.